The molecule has 0 unspecified atom stereocenters. The fraction of sp³-hybridized carbons (Fsp3) is 1.00. The summed E-state index contributed by atoms with van der Waals surface area (Å²) < 4.78 is 2.48. The number of hydrogen-bond donors (Lipinski definition) is 0. The fourth-order valence-corrected chi connectivity index (χ4v) is 0.902. The van der Waals surface area contributed by atoms with Crippen molar-refractivity contribution in [3.05, 3.63) is 0 Å². The van der Waals surface area contributed by atoms with Crippen molar-refractivity contribution >= 4 is 10.4 Å². The Bertz CT molecular complexity index is 47.8. The van der Waals surface area contributed by atoms with Crippen molar-refractivity contribution in [2.24, 2.45) is 0 Å². The average Bonchev–Trinajstić information content (AvgIpc) is 1.83. The molecule has 0 aromatic rings. The third-order valence-corrected chi connectivity index (χ3v) is 2.51. The molecule has 0 rings (SSSR count). The van der Waals surface area contributed by atoms with Gasteiger partial charge in [-0.1, -0.05) is 20.3 Å². The second kappa shape index (κ2) is 5.32. The molecule has 0 bridgehead atoms. The molecule has 0 aliphatic carbocycles. The van der Waals surface area contributed by atoms with Gasteiger partial charge in [0.05, 0.1) is 10.4 Å². The van der Waals surface area contributed by atoms with Crippen molar-refractivity contribution in [3.63, 3.8) is 0 Å². The second-order valence-corrected chi connectivity index (χ2v) is 3.51. The third-order valence-electron chi connectivity index (χ3n) is 1.43. The first-order valence-electron chi connectivity index (χ1n) is 3.49. The Morgan fingerprint density at radius 1 is 1.38 bits per heavy atom. The first-order chi connectivity index (χ1) is 3.81. The van der Waals surface area contributed by atoms with Crippen molar-refractivity contribution in [2.45, 2.75) is 26.7 Å². The minimum absolute atomic E-state index is 1.24. The summed E-state index contributed by atoms with van der Waals surface area (Å²) >= 11 is 0. The Morgan fingerprint density at radius 2 is 2.00 bits per heavy atom. The Morgan fingerprint density at radius 3 is 2.38 bits per heavy atom. The molecule has 0 saturated carbocycles. The Labute approximate surface area is 55.6 Å². The smallest absolute Gasteiger partial charge is 0.0784 e. The van der Waals surface area contributed by atoms with E-state index in [0.717, 1.165) is 0 Å². The molecule has 0 radical (unpaired) electrons. The van der Waals surface area contributed by atoms with Gasteiger partial charge < -0.3 is 4.57 Å². The molecular weight excluding hydrogens is 114 g/mol. The van der Waals surface area contributed by atoms with Gasteiger partial charge in [-0.05, 0) is 19.5 Å². The minimum atomic E-state index is 1.24. The van der Waals surface area contributed by atoms with Crippen molar-refractivity contribution < 1.29 is 0 Å². The molecule has 0 fully saturated rings. The van der Waals surface area contributed by atoms with E-state index >= 15 is 0 Å². The standard InChI is InChI=1S/C6H17NSi/c1-3-5-6-7(8)4-2/h3-6H2,1-2,8H3. The van der Waals surface area contributed by atoms with Crippen LogP contribution in [0.4, 0.5) is 0 Å². The van der Waals surface area contributed by atoms with Crippen LogP contribution in [-0.2, 0) is 0 Å². The summed E-state index contributed by atoms with van der Waals surface area (Å²) in [6.07, 6.45) is 2.70. The summed E-state index contributed by atoms with van der Waals surface area (Å²) in [5.74, 6) is 0. The predicted octanol–water partition coefficient (Wildman–Crippen LogP) is 0.389. The zero-order valence-electron chi connectivity index (χ0n) is 6.28. The van der Waals surface area contributed by atoms with Crippen LogP contribution in [0.5, 0.6) is 0 Å². The van der Waals surface area contributed by atoms with E-state index in [9.17, 15) is 0 Å². The minimum Gasteiger partial charge on any atom is -0.332 e. The van der Waals surface area contributed by atoms with Gasteiger partial charge in [0.25, 0.3) is 0 Å². The molecule has 2 heteroatoms. The molecule has 0 atom stereocenters. The van der Waals surface area contributed by atoms with E-state index in [-0.39, 0.29) is 0 Å². The topological polar surface area (TPSA) is 3.24 Å². The Hall–Kier alpha value is 0.177. The van der Waals surface area contributed by atoms with Crippen LogP contribution >= 0.6 is 0 Å². The predicted molar refractivity (Wildman–Crippen MR) is 42.1 cm³/mol. The maximum absolute atomic E-state index is 2.48. The number of rotatable bonds is 4. The molecule has 50 valence electrons. The van der Waals surface area contributed by atoms with E-state index in [1.165, 1.54) is 36.3 Å². The first kappa shape index (κ1) is 8.18. The van der Waals surface area contributed by atoms with Gasteiger partial charge in [0, 0.05) is 0 Å². The first-order valence-corrected chi connectivity index (χ1v) is 4.39. The summed E-state index contributed by atoms with van der Waals surface area (Å²) in [6.45, 7) is 7.03. The van der Waals surface area contributed by atoms with Crippen LogP contribution in [-0.4, -0.2) is 28.1 Å². The molecule has 8 heavy (non-hydrogen) atoms. The van der Waals surface area contributed by atoms with Gasteiger partial charge in [-0.3, -0.25) is 0 Å². The van der Waals surface area contributed by atoms with Crippen molar-refractivity contribution in [3.8, 4) is 0 Å². The Kier molecular flexibility index (Phi) is 5.43. The highest BCUT2D eigenvalue weighted by atomic mass is 28.2. The van der Waals surface area contributed by atoms with Crippen LogP contribution in [0.15, 0.2) is 0 Å². The van der Waals surface area contributed by atoms with Gasteiger partial charge in [0.2, 0.25) is 0 Å². The van der Waals surface area contributed by atoms with Gasteiger partial charge in [0.1, 0.15) is 0 Å². The van der Waals surface area contributed by atoms with E-state index in [2.05, 4.69) is 18.4 Å². The molecular formula is C6H17NSi. The maximum Gasteiger partial charge on any atom is 0.0784 e. The zero-order chi connectivity index (χ0) is 6.41. The van der Waals surface area contributed by atoms with Crippen LogP contribution in [0, 0.1) is 0 Å². The van der Waals surface area contributed by atoms with Crippen LogP contribution in [0.3, 0.4) is 0 Å². The van der Waals surface area contributed by atoms with E-state index in [1.807, 2.05) is 0 Å². The van der Waals surface area contributed by atoms with Gasteiger partial charge in [0.15, 0.2) is 0 Å². The molecule has 0 spiro atoms. The molecule has 0 N–H and O–H groups in total. The largest absolute Gasteiger partial charge is 0.332 e. The monoisotopic (exact) mass is 131 g/mol. The normalized spacial score (nSPS) is 10.9. The quantitative estimate of drug-likeness (QED) is 0.499. The molecule has 0 heterocycles. The summed E-state index contributed by atoms with van der Waals surface area (Å²) in [7, 11) is 1.24. The molecule has 0 aliphatic rings. The van der Waals surface area contributed by atoms with Gasteiger partial charge in [-0.25, -0.2) is 0 Å². The van der Waals surface area contributed by atoms with E-state index in [0.29, 0.717) is 0 Å². The van der Waals surface area contributed by atoms with Gasteiger partial charge in [-0.2, -0.15) is 0 Å². The lowest BCUT2D eigenvalue weighted by Crippen LogP contribution is -2.20. The third kappa shape index (κ3) is 4.34. The fourth-order valence-electron chi connectivity index (χ4n) is 0.586. The van der Waals surface area contributed by atoms with Crippen molar-refractivity contribution in [1.29, 1.82) is 0 Å². The van der Waals surface area contributed by atoms with Gasteiger partial charge in [-0.15, -0.1) is 0 Å². The molecule has 0 aromatic carbocycles. The van der Waals surface area contributed by atoms with Crippen molar-refractivity contribution in [1.82, 2.24) is 4.57 Å². The SMILES string of the molecule is CCCCN([SiH3])CC. The average molecular weight is 131 g/mol. The highest BCUT2D eigenvalue weighted by Crippen LogP contribution is 1.88. The second-order valence-electron chi connectivity index (χ2n) is 2.25. The number of nitrogens with zero attached hydrogens (tertiary/aromatic N) is 1. The zero-order valence-corrected chi connectivity index (χ0v) is 8.28. The Balaban J connectivity index is 2.86. The summed E-state index contributed by atoms with van der Waals surface area (Å²) in [5, 5.41) is 0. The maximum atomic E-state index is 2.48. The van der Waals surface area contributed by atoms with Crippen LogP contribution in [0.25, 0.3) is 0 Å². The molecule has 0 saturated heterocycles. The van der Waals surface area contributed by atoms with E-state index in [1.54, 1.807) is 0 Å². The number of unbranched alkanes of at least 4 members (excludes halogenated alkanes) is 1. The molecule has 0 aliphatic heterocycles. The highest BCUT2D eigenvalue weighted by Gasteiger charge is 1.89. The van der Waals surface area contributed by atoms with Crippen LogP contribution in [0.1, 0.15) is 26.7 Å². The lowest BCUT2D eigenvalue weighted by molar-refractivity contribution is 0.462. The summed E-state index contributed by atoms with van der Waals surface area (Å²) in [4.78, 5) is 0. The highest BCUT2D eigenvalue weighted by molar-refractivity contribution is 6.04. The van der Waals surface area contributed by atoms with Gasteiger partial charge >= 0.3 is 0 Å². The lowest BCUT2D eigenvalue weighted by Gasteiger charge is -2.11. The van der Waals surface area contributed by atoms with Crippen LogP contribution < -0.4 is 0 Å². The lowest BCUT2D eigenvalue weighted by atomic mass is 10.3. The molecule has 1 nitrogen and oxygen atoms in total. The van der Waals surface area contributed by atoms with Crippen molar-refractivity contribution in [2.75, 3.05) is 13.1 Å². The number of hydrogen-bond acceptors (Lipinski definition) is 1. The summed E-state index contributed by atoms with van der Waals surface area (Å²) in [5.41, 5.74) is 0. The van der Waals surface area contributed by atoms with E-state index < -0.39 is 0 Å². The van der Waals surface area contributed by atoms with Crippen LogP contribution in [0.2, 0.25) is 0 Å². The van der Waals surface area contributed by atoms with E-state index in [4.69, 9.17) is 0 Å². The molecule has 0 amide bonds. The summed E-state index contributed by atoms with van der Waals surface area (Å²) in [6, 6.07) is 0. The molecule has 0 aromatic heterocycles.